The molecule has 0 unspecified atom stereocenters. The number of halogens is 2. The molecule has 1 aliphatic heterocycles. The summed E-state index contributed by atoms with van der Waals surface area (Å²) in [4.78, 5) is 6.92. The predicted octanol–water partition coefficient (Wildman–Crippen LogP) is 2.94. The van der Waals surface area contributed by atoms with Crippen molar-refractivity contribution in [1.29, 1.82) is 0 Å². The van der Waals surface area contributed by atoms with Crippen LogP contribution in [0.3, 0.4) is 0 Å². The average Bonchev–Trinajstić information content (AvgIpc) is 3.03. The molecule has 0 N–H and O–H groups in total. The second kappa shape index (κ2) is 7.44. The lowest BCUT2D eigenvalue weighted by atomic mass is 10.2. The molecular weight excluding hydrogens is 403 g/mol. The van der Waals surface area contributed by atoms with Gasteiger partial charge in [0.1, 0.15) is 11.5 Å². The molecule has 2 aromatic heterocycles. The summed E-state index contributed by atoms with van der Waals surface area (Å²) in [5, 5.41) is 0.645. The predicted molar refractivity (Wildman–Crippen MR) is 105 cm³/mol. The van der Waals surface area contributed by atoms with Crippen LogP contribution < -0.4 is 0 Å². The van der Waals surface area contributed by atoms with Crippen molar-refractivity contribution in [2.45, 2.75) is 18.4 Å². The van der Waals surface area contributed by atoms with Crippen LogP contribution in [0.5, 0.6) is 0 Å². The summed E-state index contributed by atoms with van der Waals surface area (Å²) in [6.07, 6.45) is 3.75. The first-order chi connectivity index (χ1) is 13.3. The number of pyridine rings is 1. The Morgan fingerprint density at radius 2 is 1.86 bits per heavy atom. The highest BCUT2D eigenvalue weighted by Gasteiger charge is 2.29. The molecule has 0 amide bonds. The number of aryl methyl sites for hydroxylation is 1. The van der Waals surface area contributed by atoms with Crippen molar-refractivity contribution in [3.05, 3.63) is 64.8 Å². The van der Waals surface area contributed by atoms with Gasteiger partial charge in [0.05, 0.1) is 15.6 Å². The first-order valence-electron chi connectivity index (χ1n) is 8.95. The van der Waals surface area contributed by atoms with Gasteiger partial charge < -0.3 is 4.40 Å². The quantitative estimate of drug-likeness (QED) is 0.648. The molecule has 9 heteroatoms. The summed E-state index contributed by atoms with van der Waals surface area (Å²) in [5.41, 5.74) is 2.16. The van der Waals surface area contributed by atoms with Gasteiger partial charge >= 0.3 is 0 Å². The second-order valence-corrected chi connectivity index (χ2v) is 9.28. The maximum atomic E-state index is 13.3. The monoisotopic (exact) mass is 422 g/mol. The standard InChI is InChI=1S/C19H20ClFN4O2S/c1-14-10-16(21)3-4-18(14)28(26,27)25-8-6-23(7-9-25)12-17-13-24-11-15(20)2-5-19(24)22-17/h2-5,10-11,13H,6-9,12H2,1H3. The molecule has 4 rings (SSSR count). The van der Waals surface area contributed by atoms with Gasteiger partial charge in [-0.2, -0.15) is 4.31 Å². The van der Waals surface area contributed by atoms with Crippen molar-refractivity contribution in [2.75, 3.05) is 26.2 Å². The minimum Gasteiger partial charge on any atom is -0.305 e. The number of sulfonamides is 1. The van der Waals surface area contributed by atoms with Gasteiger partial charge in [0.2, 0.25) is 10.0 Å². The van der Waals surface area contributed by atoms with Gasteiger partial charge in [0.25, 0.3) is 0 Å². The van der Waals surface area contributed by atoms with Gasteiger partial charge in [-0.3, -0.25) is 4.90 Å². The Kier molecular flexibility index (Phi) is 5.13. The van der Waals surface area contributed by atoms with E-state index in [0.717, 1.165) is 11.3 Å². The van der Waals surface area contributed by atoms with E-state index in [9.17, 15) is 12.8 Å². The molecule has 0 radical (unpaired) electrons. The third-order valence-electron chi connectivity index (χ3n) is 4.94. The fraction of sp³-hybridized carbons (Fsp3) is 0.316. The van der Waals surface area contributed by atoms with Crippen molar-refractivity contribution in [3.8, 4) is 0 Å². The SMILES string of the molecule is Cc1cc(F)ccc1S(=O)(=O)N1CCN(Cc2cn3cc(Cl)ccc3n2)CC1. The Morgan fingerprint density at radius 1 is 1.11 bits per heavy atom. The van der Waals surface area contributed by atoms with Crippen LogP contribution in [0.1, 0.15) is 11.3 Å². The molecule has 1 saturated heterocycles. The molecule has 0 spiro atoms. The largest absolute Gasteiger partial charge is 0.305 e. The lowest BCUT2D eigenvalue weighted by molar-refractivity contribution is 0.180. The number of piperazine rings is 1. The van der Waals surface area contributed by atoms with E-state index in [2.05, 4.69) is 9.88 Å². The zero-order valence-electron chi connectivity index (χ0n) is 15.3. The molecule has 0 bridgehead atoms. The van der Waals surface area contributed by atoms with Gasteiger partial charge in [0.15, 0.2) is 0 Å². The van der Waals surface area contributed by atoms with E-state index < -0.39 is 15.8 Å². The third kappa shape index (κ3) is 3.77. The number of hydrogen-bond acceptors (Lipinski definition) is 4. The lowest BCUT2D eigenvalue weighted by Gasteiger charge is -2.33. The number of nitrogens with zero attached hydrogens (tertiary/aromatic N) is 4. The topological polar surface area (TPSA) is 57.9 Å². The van der Waals surface area contributed by atoms with Crippen LogP contribution in [0.4, 0.5) is 4.39 Å². The normalized spacial score (nSPS) is 16.7. The smallest absolute Gasteiger partial charge is 0.243 e. The van der Waals surface area contributed by atoms with Gasteiger partial charge in [-0.05, 0) is 42.8 Å². The molecule has 0 aliphatic carbocycles. The number of imidazole rings is 1. The Labute approximate surface area is 168 Å². The highest BCUT2D eigenvalue weighted by atomic mass is 35.5. The second-order valence-electron chi connectivity index (χ2n) is 6.94. The summed E-state index contributed by atoms with van der Waals surface area (Å²) < 4.78 is 42.4. The number of rotatable bonds is 4. The van der Waals surface area contributed by atoms with Crippen LogP contribution in [-0.2, 0) is 16.6 Å². The summed E-state index contributed by atoms with van der Waals surface area (Å²) in [7, 11) is -3.63. The molecule has 28 heavy (non-hydrogen) atoms. The Hall–Kier alpha value is -2.00. The maximum Gasteiger partial charge on any atom is 0.243 e. The minimum atomic E-state index is -3.63. The highest BCUT2D eigenvalue weighted by molar-refractivity contribution is 7.89. The van der Waals surface area contributed by atoms with Crippen LogP contribution >= 0.6 is 11.6 Å². The molecule has 6 nitrogen and oxygen atoms in total. The summed E-state index contributed by atoms with van der Waals surface area (Å²) in [6.45, 7) is 4.24. The minimum absolute atomic E-state index is 0.166. The molecule has 1 aliphatic rings. The van der Waals surface area contributed by atoms with Crippen LogP contribution in [-0.4, -0.2) is 53.2 Å². The van der Waals surface area contributed by atoms with Crippen LogP contribution in [0, 0.1) is 12.7 Å². The van der Waals surface area contributed by atoms with Crippen molar-refractivity contribution in [1.82, 2.24) is 18.6 Å². The third-order valence-corrected chi connectivity index (χ3v) is 7.22. The first-order valence-corrected chi connectivity index (χ1v) is 10.8. The Bertz CT molecular complexity index is 1120. The Morgan fingerprint density at radius 3 is 2.57 bits per heavy atom. The summed E-state index contributed by atoms with van der Waals surface area (Å²) in [5.74, 6) is -0.435. The molecule has 3 heterocycles. The van der Waals surface area contributed by atoms with E-state index in [0.29, 0.717) is 43.3 Å². The van der Waals surface area contributed by atoms with E-state index in [1.165, 1.54) is 22.5 Å². The van der Waals surface area contributed by atoms with Crippen LogP contribution in [0.2, 0.25) is 5.02 Å². The average molecular weight is 423 g/mol. The number of fused-ring (bicyclic) bond motifs is 1. The zero-order valence-corrected chi connectivity index (χ0v) is 16.9. The van der Waals surface area contributed by atoms with Gasteiger partial charge in [-0.15, -0.1) is 0 Å². The van der Waals surface area contributed by atoms with Crippen molar-refractivity contribution in [2.24, 2.45) is 0 Å². The molecule has 0 atom stereocenters. The van der Waals surface area contributed by atoms with Gasteiger partial charge in [0, 0.05) is 45.1 Å². The molecule has 0 saturated carbocycles. The fourth-order valence-corrected chi connectivity index (χ4v) is 5.29. The molecular formula is C19H20ClFN4O2S. The molecule has 3 aromatic rings. The van der Waals surface area contributed by atoms with E-state index >= 15 is 0 Å². The molecule has 1 fully saturated rings. The maximum absolute atomic E-state index is 13.3. The lowest BCUT2D eigenvalue weighted by Crippen LogP contribution is -2.48. The van der Waals surface area contributed by atoms with Crippen LogP contribution in [0.25, 0.3) is 5.65 Å². The van der Waals surface area contributed by atoms with Crippen LogP contribution in [0.15, 0.2) is 47.6 Å². The first kappa shape index (κ1) is 19.3. The fourth-order valence-electron chi connectivity index (χ4n) is 3.49. The summed E-state index contributed by atoms with van der Waals surface area (Å²) in [6, 6.07) is 7.44. The van der Waals surface area contributed by atoms with Crippen molar-refractivity contribution in [3.63, 3.8) is 0 Å². The highest BCUT2D eigenvalue weighted by Crippen LogP contribution is 2.22. The zero-order chi connectivity index (χ0) is 19.9. The van der Waals surface area contributed by atoms with Crippen molar-refractivity contribution >= 4 is 27.3 Å². The van der Waals surface area contributed by atoms with E-state index in [1.807, 2.05) is 22.9 Å². The van der Waals surface area contributed by atoms with Crippen molar-refractivity contribution < 1.29 is 12.8 Å². The molecule has 1 aromatic carbocycles. The number of aromatic nitrogens is 2. The number of benzene rings is 1. The van der Waals surface area contributed by atoms with Gasteiger partial charge in [-0.1, -0.05) is 11.6 Å². The van der Waals surface area contributed by atoms with E-state index in [4.69, 9.17) is 11.6 Å². The molecule has 148 valence electrons. The van der Waals surface area contributed by atoms with E-state index in [-0.39, 0.29) is 4.90 Å². The van der Waals surface area contributed by atoms with E-state index in [1.54, 1.807) is 13.0 Å². The summed E-state index contributed by atoms with van der Waals surface area (Å²) >= 11 is 6.01. The van der Waals surface area contributed by atoms with Gasteiger partial charge in [-0.25, -0.2) is 17.8 Å². The number of hydrogen-bond donors (Lipinski definition) is 0. The Balaban J connectivity index is 1.43.